The summed E-state index contributed by atoms with van der Waals surface area (Å²) in [6.45, 7) is 8.80. The second kappa shape index (κ2) is 9.91. The number of nitrogens with one attached hydrogen (secondary N) is 1. The molecular formula is C21H34NO5P. The average molecular weight is 411 g/mol. The summed E-state index contributed by atoms with van der Waals surface area (Å²) in [5.41, 5.74) is 0.147. The predicted octanol–water partition coefficient (Wildman–Crippen LogP) is 4.57. The molecule has 1 saturated carbocycles. The third-order valence-corrected chi connectivity index (χ3v) is 7.77. The summed E-state index contributed by atoms with van der Waals surface area (Å²) in [6, 6.07) is 8.11. The maximum atomic E-state index is 13.4. The van der Waals surface area contributed by atoms with Gasteiger partial charge in [0.05, 0.1) is 26.0 Å². The van der Waals surface area contributed by atoms with Crippen molar-refractivity contribution < 1.29 is 23.4 Å². The molecule has 0 aliphatic heterocycles. The molecule has 0 radical (unpaired) electrons. The number of benzene rings is 1. The SMILES string of the molecule is CCOP(=O)(NC1(C(=O)OC)CC1)C(C)CCOc1ccc(CC(C)C)cc1. The molecule has 0 saturated heterocycles. The molecule has 1 fully saturated rings. The molecule has 1 aliphatic rings. The molecular weight excluding hydrogens is 377 g/mol. The van der Waals surface area contributed by atoms with Crippen LogP contribution in [0.1, 0.15) is 52.5 Å². The minimum absolute atomic E-state index is 0.283. The Kier molecular flexibility index (Phi) is 8.11. The molecule has 1 aliphatic carbocycles. The smallest absolute Gasteiger partial charge is 0.326 e. The Bertz CT molecular complexity index is 685. The monoisotopic (exact) mass is 411 g/mol. The number of carbonyl (C=O) groups is 1. The van der Waals surface area contributed by atoms with E-state index in [2.05, 4.69) is 31.1 Å². The third-order valence-electron chi connectivity index (χ3n) is 4.97. The largest absolute Gasteiger partial charge is 0.494 e. The summed E-state index contributed by atoms with van der Waals surface area (Å²) in [5.74, 6) is 1.04. The Morgan fingerprint density at radius 3 is 2.36 bits per heavy atom. The number of hydrogen-bond donors (Lipinski definition) is 1. The zero-order chi connectivity index (χ0) is 20.8. The van der Waals surface area contributed by atoms with Crippen LogP contribution in [0.15, 0.2) is 24.3 Å². The summed E-state index contributed by atoms with van der Waals surface area (Å²) in [6.07, 6.45) is 2.82. The van der Waals surface area contributed by atoms with Crippen LogP contribution in [0.3, 0.4) is 0 Å². The van der Waals surface area contributed by atoms with Crippen LogP contribution in [0.25, 0.3) is 0 Å². The highest BCUT2D eigenvalue weighted by atomic mass is 31.2. The molecule has 2 unspecified atom stereocenters. The molecule has 1 aromatic carbocycles. The average Bonchev–Trinajstić information content (AvgIpc) is 3.42. The van der Waals surface area contributed by atoms with E-state index < -0.39 is 13.1 Å². The molecule has 0 aromatic heterocycles. The Balaban J connectivity index is 1.90. The third kappa shape index (κ3) is 6.07. The fourth-order valence-electron chi connectivity index (χ4n) is 3.15. The van der Waals surface area contributed by atoms with E-state index in [4.69, 9.17) is 14.0 Å². The fraction of sp³-hybridized carbons (Fsp3) is 0.667. The van der Waals surface area contributed by atoms with Crippen LogP contribution in [-0.2, 0) is 25.0 Å². The van der Waals surface area contributed by atoms with Crippen molar-refractivity contribution in [1.29, 1.82) is 0 Å². The van der Waals surface area contributed by atoms with Crippen LogP contribution >= 0.6 is 7.52 Å². The molecule has 0 heterocycles. The summed E-state index contributed by atoms with van der Waals surface area (Å²) >= 11 is 0. The Morgan fingerprint density at radius 2 is 1.86 bits per heavy atom. The van der Waals surface area contributed by atoms with Crippen molar-refractivity contribution in [3.05, 3.63) is 29.8 Å². The van der Waals surface area contributed by atoms with Gasteiger partial charge in [0.15, 0.2) is 0 Å². The van der Waals surface area contributed by atoms with Gasteiger partial charge in [0.25, 0.3) is 7.52 Å². The van der Waals surface area contributed by atoms with Gasteiger partial charge in [-0.1, -0.05) is 32.9 Å². The summed E-state index contributed by atoms with van der Waals surface area (Å²) in [5, 5.41) is 3.01. The lowest BCUT2D eigenvalue weighted by molar-refractivity contribution is -0.143. The van der Waals surface area contributed by atoms with Crippen molar-refractivity contribution in [2.75, 3.05) is 20.3 Å². The van der Waals surface area contributed by atoms with E-state index in [0.29, 0.717) is 38.4 Å². The minimum Gasteiger partial charge on any atom is -0.494 e. The highest BCUT2D eigenvalue weighted by Crippen LogP contribution is 2.55. The van der Waals surface area contributed by atoms with E-state index in [1.165, 1.54) is 12.7 Å². The number of rotatable bonds is 12. The summed E-state index contributed by atoms with van der Waals surface area (Å²) < 4.78 is 29.7. The van der Waals surface area contributed by atoms with Crippen LogP contribution in [-0.4, -0.2) is 37.5 Å². The Hall–Kier alpha value is -1.36. The van der Waals surface area contributed by atoms with Gasteiger partial charge in [-0.3, -0.25) is 9.36 Å². The number of ether oxygens (including phenoxy) is 2. The first-order chi connectivity index (χ1) is 13.2. The fourth-order valence-corrected chi connectivity index (χ4v) is 5.43. The van der Waals surface area contributed by atoms with E-state index in [-0.39, 0.29) is 11.6 Å². The summed E-state index contributed by atoms with van der Waals surface area (Å²) in [7, 11) is -1.87. The van der Waals surface area contributed by atoms with Gasteiger partial charge in [0.1, 0.15) is 11.3 Å². The van der Waals surface area contributed by atoms with E-state index in [1.807, 2.05) is 19.1 Å². The first-order valence-corrected chi connectivity index (χ1v) is 11.8. The summed E-state index contributed by atoms with van der Waals surface area (Å²) in [4.78, 5) is 12.0. The van der Waals surface area contributed by atoms with E-state index >= 15 is 0 Å². The van der Waals surface area contributed by atoms with Gasteiger partial charge < -0.3 is 14.0 Å². The first kappa shape index (κ1) is 22.9. The molecule has 28 heavy (non-hydrogen) atoms. The van der Waals surface area contributed by atoms with Crippen LogP contribution in [0, 0.1) is 5.92 Å². The molecule has 1 N–H and O–H groups in total. The van der Waals surface area contributed by atoms with E-state index in [0.717, 1.165) is 12.2 Å². The normalized spacial score (nSPS) is 18.4. The zero-order valence-electron chi connectivity index (χ0n) is 17.7. The van der Waals surface area contributed by atoms with E-state index in [9.17, 15) is 9.36 Å². The van der Waals surface area contributed by atoms with Gasteiger partial charge in [-0.2, -0.15) is 0 Å². The predicted molar refractivity (Wildman–Crippen MR) is 111 cm³/mol. The van der Waals surface area contributed by atoms with Crippen molar-refractivity contribution in [3.8, 4) is 5.75 Å². The van der Waals surface area contributed by atoms with Gasteiger partial charge in [0, 0.05) is 0 Å². The highest BCUT2D eigenvalue weighted by molar-refractivity contribution is 7.57. The number of esters is 1. The lowest BCUT2D eigenvalue weighted by atomic mass is 10.0. The lowest BCUT2D eigenvalue weighted by Crippen LogP contribution is -2.40. The Morgan fingerprint density at radius 1 is 1.21 bits per heavy atom. The van der Waals surface area contributed by atoms with Crippen molar-refractivity contribution >= 4 is 13.5 Å². The second-order valence-electron chi connectivity index (χ2n) is 7.93. The lowest BCUT2D eigenvalue weighted by Gasteiger charge is -2.28. The second-order valence-corrected chi connectivity index (χ2v) is 10.5. The van der Waals surface area contributed by atoms with Gasteiger partial charge >= 0.3 is 5.97 Å². The number of methoxy groups -OCH3 is 1. The molecule has 0 bridgehead atoms. The van der Waals surface area contributed by atoms with Crippen LogP contribution < -0.4 is 9.82 Å². The quantitative estimate of drug-likeness (QED) is 0.401. The standard InChI is InChI=1S/C21H34NO5P/c1-6-27-28(24,22-21(12-13-21)20(23)25-5)17(4)11-14-26-19-9-7-18(8-10-19)15-16(2)3/h7-10,16-17H,6,11-15H2,1-5H3,(H,22,24). The highest BCUT2D eigenvalue weighted by Gasteiger charge is 2.55. The van der Waals surface area contributed by atoms with E-state index in [1.54, 1.807) is 6.92 Å². The first-order valence-electron chi connectivity index (χ1n) is 10.1. The van der Waals surface area contributed by atoms with Gasteiger partial charge in [0.2, 0.25) is 0 Å². The van der Waals surface area contributed by atoms with Gasteiger partial charge in [-0.15, -0.1) is 0 Å². The maximum Gasteiger partial charge on any atom is 0.326 e. The molecule has 2 rings (SSSR count). The minimum atomic E-state index is -3.21. The number of carbonyl (C=O) groups excluding carboxylic acids is 1. The molecule has 2 atom stereocenters. The molecule has 0 spiro atoms. The molecule has 7 heteroatoms. The molecule has 158 valence electrons. The molecule has 6 nitrogen and oxygen atoms in total. The zero-order valence-corrected chi connectivity index (χ0v) is 18.6. The Labute approximate surface area is 168 Å². The van der Waals surface area contributed by atoms with Crippen LogP contribution in [0.4, 0.5) is 0 Å². The van der Waals surface area contributed by atoms with Crippen LogP contribution in [0.2, 0.25) is 0 Å². The van der Waals surface area contributed by atoms with Crippen molar-refractivity contribution in [1.82, 2.24) is 5.09 Å². The van der Waals surface area contributed by atoms with Gasteiger partial charge in [-0.05, 0) is 56.2 Å². The van der Waals surface area contributed by atoms with Crippen LogP contribution in [0.5, 0.6) is 5.75 Å². The van der Waals surface area contributed by atoms with Crippen molar-refractivity contribution in [2.45, 2.75) is 64.6 Å². The molecule has 1 aromatic rings. The topological polar surface area (TPSA) is 73.9 Å². The number of hydrogen-bond acceptors (Lipinski definition) is 5. The van der Waals surface area contributed by atoms with Crippen molar-refractivity contribution in [2.24, 2.45) is 5.92 Å². The van der Waals surface area contributed by atoms with Gasteiger partial charge in [-0.25, -0.2) is 5.09 Å². The maximum absolute atomic E-state index is 13.4. The molecule has 0 amide bonds. The van der Waals surface area contributed by atoms with Crippen molar-refractivity contribution in [3.63, 3.8) is 0 Å².